The van der Waals surface area contributed by atoms with Gasteiger partial charge in [0, 0.05) is 36.3 Å². The van der Waals surface area contributed by atoms with Crippen LogP contribution in [0.1, 0.15) is 123 Å². The van der Waals surface area contributed by atoms with Crippen LogP contribution in [0.15, 0.2) is 146 Å². The van der Waals surface area contributed by atoms with Crippen LogP contribution in [0, 0.1) is 10.8 Å². The Morgan fingerprint density at radius 1 is 0.427 bits per heavy atom. The van der Waals surface area contributed by atoms with Crippen molar-refractivity contribution in [3.63, 3.8) is 0 Å². The molecule has 8 amide bonds. The first-order valence-corrected chi connectivity index (χ1v) is 28.1. The molecule has 0 unspecified atom stereocenters. The molecule has 2 aliphatic heterocycles. The van der Waals surface area contributed by atoms with Crippen molar-refractivity contribution in [3.05, 3.63) is 179 Å². The number of nitrogens with one attached hydrogen (secondary N) is 8. The molecule has 8 N–H and O–H groups in total. The van der Waals surface area contributed by atoms with Gasteiger partial charge in [0.1, 0.15) is 24.2 Å². The van der Waals surface area contributed by atoms with Crippen molar-refractivity contribution in [2.45, 2.75) is 129 Å². The van der Waals surface area contributed by atoms with E-state index >= 15 is 0 Å². The van der Waals surface area contributed by atoms with E-state index in [1.165, 1.54) is 34.1 Å². The summed E-state index contributed by atoms with van der Waals surface area (Å²) in [6.45, 7) is 14.3. The minimum absolute atomic E-state index is 0.0362. The summed E-state index contributed by atoms with van der Waals surface area (Å²) < 4.78 is 0. The van der Waals surface area contributed by atoms with Gasteiger partial charge in [-0.2, -0.15) is 0 Å². The Bertz CT molecular complexity index is 2740. The van der Waals surface area contributed by atoms with Gasteiger partial charge in [-0.3, -0.25) is 38.4 Å². The predicted octanol–water partition coefficient (Wildman–Crippen LogP) is 5.17. The van der Waals surface area contributed by atoms with Gasteiger partial charge < -0.3 is 52.3 Å². The maximum absolute atomic E-state index is 14.8. The molecular weight excluding hydrogens is 1040 g/mol. The van der Waals surface area contributed by atoms with Crippen LogP contribution in [0.4, 0.5) is 0 Å². The molecule has 434 valence electrons. The maximum Gasteiger partial charge on any atom is 0.251 e. The largest absolute Gasteiger partial charge is 0.347 e. The normalized spacial score (nSPS) is 18.6. The monoisotopic (exact) mass is 1120 g/mol. The fraction of sp³-hybridized carbons (Fsp3) is 0.406. The molecule has 2 heterocycles. The molecule has 5 aromatic carbocycles. The SMILES string of the molecule is CN[C@@H](C)C(=O)N[C@H](C(=O)N1C[C@@H](NC(=O)c2ccc(C(=O)N[C@H]3C[C@@H](C(=O)NC(c4ccccc4)c4ccccc4)N(C(=O)[C@@H](NC(=O)[C@H](C)NC)C(C)(C)C)C3)cc2)C[C@H]1C(=O)NC(c1ccccc1)c1ccccc1)C(C)(C)C. The molecular formula is C64H80N10O8. The molecule has 2 fully saturated rings. The van der Waals surface area contributed by atoms with Crippen molar-refractivity contribution < 1.29 is 38.4 Å². The Morgan fingerprint density at radius 2 is 0.707 bits per heavy atom. The number of rotatable bonds is 20. The molecule has 0 aliphatic carbocycles. The Labute approximate surface area is 481 Å². The van der Waals surface area contributed by atoms with Gasteiger partial charge in [0.15, 0.2) is 0 Å². The molecule has 82 heavy (non-hydrogen) atoms. The van der Waals surface area contributed by atoms with Gasteiger partial charge in [0.05, 0.1) is 24.2 Å². The lowest BCUT2D eigenvalue weighted by atomic mass is 9.85. The van der Waals surface area contributed by atoms with Crippen LogP contribution in [0.2, 0.25) is 0 Å². The molecule has 7 rings (SSSR count). The van der Waals surface area contributed by atoms with Gasteiger partial charge in [-0.25, -0.2) is 0 Å². The van der Waals surface area contributed by atoms with Gasteiger partial charge >= 0.3 is 0 Å². The lowest BCUT2D eigenvalue weighted by Crippen LogP contribution is -2.59. The number of hydrogen-bond acceptors (Lipinski definition) is 10. The van der Waals surface area contributed by atoms with E-state index < -0.39 is 107 Å². The van der Waals surface area contributed by atoms with Crippen molar-refractivity contribution in [2.75, 3.05) is 27.2 Å². The Kier molecular flexibility index (Phi) is 20.2. The molecule has 0 spiro atoms. The van der Waals surface area contributed by atoms with E-state index in [9.17, 15) is 38.4 Å². The third kappa shape index (κ3) is 15.2. The van der Waals surface area contributed by atoms with Crippen LogP contribution in [-0.2, 0) is 28.8 Å². The molecule has 0 radical (unpaired) electrons. The summed E-state index contributed by atoms with van der Waals surface area (Å²) in [6, 6.07) is 36.1. The van der Waals surface area contributed by atoms with Gasteiger partial charge in [0.25, 0.3) is 11.8 Å². The summed E-state index contributed by atoms with van der Waals surface area (Å²) in [5.41, 5.74) is 2.19. The minimum atomic E-state index is -1.04. The van der Waals surface area contributed by atoms with Crippen LogP contribution < -0.4 is 42.5 Å². The molecule has 0 saturated carbocycles. The summed E-state index contributed by atoms with van der Waals surface area (Å²) in [5.74, 6) is -3.61. The van der Waals surface area contributed by atoms with Crippen molar-refractivity contribution in [1.29, 1.82) is 0 Å². The topological polar surface area (TPSA) is 239 Å². The first-order chi connectivity index (χ1) is 39.0. The summed E-state index contributed by atoms with van der Waals surface area (Å²) in [4.78, 5) is 117. The second-order valence-electron chi connectivity index (χ2n) is 23.6. The second-order valence-corrected chi connectivity index (χ2v) is 23.6. The van der Waals surface area contributed by atoms with Crippen LogP contribution in [0.25, 0.3) is 0 Å². The van der Waals surface area contributed by atoms with Gasteiger partial charge in [-0.15, -0.1) is 0 Å². The lowest BCUT2D eigenvalue weighted by molar-refractivity contribution is -0.144. The summed E-state index contributed by atoms with van der Waals surface area (Å²) in [5, 5.41) is 24.1. The van der Waals surface area contributed by atoms with Crippen LogP contribution >= 0.6 is 0 Å². The van der Waals surface area contributed by atoms with E-state index in [1.54, 1.807) is 27.9 Å². The number of benzene rings is 5. The highest BCUT2D eigenvalue weighted by Crippen LogP contribution is 2.31. The van der Waals surface area contributed by atoms with Gasteiger partial charge in [-0.05, 0) is 98.1 Å². The molecule has 0 bridgehead atoms. The first kappa shape index (κ1) is 61.4. The highest BCUT2D eigenvalue weighted by molar-refractivity contribution is 5.99. The van der Waals surface area contributed by atoms with Crippen molar-refractivity contribution in [1.82, 2.24) is 52.3 Å². The molecule has 2 saturated heterocycles. The summed E-state index contributed by atoms with van der Waals surface area (Å²) in [7, 11) is 3.29. The number of carbonyl (C=O) groups excluding carboxylic acids is 8. The smallest absolute Gasteiger partial charge is 0.251 e. The molecule has 5 aromatic rings. The van der Waals surface area contributed by atoms with Crippen LogP contribution in [0.3, 0.4) is 0 Å². The zero-order valence-electron chi connectivity index (χ0n) is 48.6. The molecule has 0 aromatic heterocycles. The highest BCUT2D eigenvalue weighted by atomic mass is 16.2. The zero-order valence-corrected chi connectivity index (χ0v) is 48.6. The molecule has 2 aliphatic rings. The molecule has 8 atom stereocenters. The molecule has 18 heteroatoms. The third-order valence-corrected chi connectivity index (χ3v) is 15.4. The summed E-state index contributed by atoms with van der Waals surface area (Å²) >= 11 is 0. The predicted molar refractivity (Wildman–Crippen MR) is 315 cm³/mol. The van der Waals surface area contributed by atoms with E-state index in [-0.39, 0.29) is 48.9 Å². The Hall–Kier alpha value is -8.22. The second kappa shape index (κ2) is 27.0. The number of likely N-dealkylation sites (tertiary alicyclic amines) is 2. The quantitative estimate of drug-likeness (QED) is 0.0509. The van der Waals surface area contributed by atoms with Crippen LogP contribution in [0.5, 0.6) is 0 Å². The highest BCUT2D eigenvalue weighted by Gasteiger charge is 2.48. The average molecular weight is 1120 g/mol. The van der Waals surface area contributed by atoms with E-state index in [4.69, 9.17) is 0 Å². The first-order valence-electron chi connectivity index (χ1n) is 28.1. The van der Waals surface area contributed by atoms with Crippen LogP contribution in [-0.4, -0.2) is 133 Å². The number of hydrogen-bond donors (Lipinski definition) is 8. The maximum atomic E-state index is 14.8. The third-order valence-electron chi connectivity index (χ3n) is 15.4. The molecule has 18 nitrogen and oxygen atoms in total. The average Bonchev–Trinajstić information content (AvgIpc) is 4.33. The fourth-order valence-electron chi connectivity index (χ4n) is 10.4. The van der Waals surface area contributed by atoms with E-state index in [1.807, 2.05) is 163 Å². The number of likely N-dealkylation sites (N-methyl/N-ethyl adjacent to an activating group) is 2. The number of nitrogens with zero attached hydrogens (tertiary/aromatic N) is 2. The summed E-state index contributed by atoms with van der Waals surface area (Å²) in [6.07, 6.45) is 0.129. The fourth-order valence-corrected chi connectivity index (χ4v) is 10.4. The Morgan fingerprint density at radius 3 is 0.963 bits per heavy atom. The van der Waals surface area contributed by atoms with E-state index in [0.29, 0.717) is 0 Å². The van der Waals surface area contributed by atoms with Crippen molar-refractivity contribution >= 4 is 47.3 Å². The number of carbonyl (C=O) groups is 8. The minimum Gasteiger partial charge on any atom is -0.347 e. The number of amides is 8. The lowest BCUT2D eigenvalue weighted by Gasteiger charge is -2.36. The van der Waals surface area contributed by atoms with E-state index in [0.717, 1.165) is 22.3 Å². The Balaban J connectivity index is 1.10. The van der Waals surface area contributed by atoms with E-state index in [2.05, 4.69) is 42.5 Å². The van der Waals surface area contributed by atoms with Crippen molar-refractivity contribution in [2.24, 2.45) is 10.8 Å². The standard InChI is InChI=1S/C64H80N10O8/c1-39(65-9)55(75)71-53(63(3,4)5)61(81)73-37-47(35-49(73)59(79)69-51(41-23-15-11-16-24-41)42-25-17-12-18-26-42)67-57(77)45-31-33-46(34-32-45)58(78)68-48-36-50(74(38-48)62(82)54(64(6,7)8)72-56(76)40(2)66-10)60(80)70-52(43-27-19-13-20-28-43)44-29-21-14-22-30-44/h11-34,39-40,47-54,65-66H,35-38H2,1-10H3,(H,67,77)(H,68,78)(H,69,79)(H,70,80)(H,71,75)(H,72,76)/t39-,40-,47-,48-,49-,50-,53+,54+/m0/s1. The van der Waals surface area contributed by atoms with Crippen molar-refractivity contribution in [3.8, 4) is 0 Å². The van der Waals surface area contributed by atoms with Gasteiger partial charge in [-0.1, -0.05) is 163 Å². The zero-order chi connectivity index (χ0) is 59.5. The van der Waals surface area contributed by atoms with Gasteiger partial charge in [0.2, 0.25) is 35.4 Å².